The van der Waals surface area contributed by atoms with Gasteiger partial charge < -0.3 is 15.3 Å². The van der Waals surface area contributed by atoms with Gasteiger partial charge in [-0.25, -0.2) is 4.98 Å². The molecule has 7 heteroatoms. The quantitative estimate of drug-likeness (QED) is 0.650. The standard InChI is InChI=1S/C25H36N4O2S/c1-6-29(7-2)23(31)15(3)18-10-11-25(5)13-19-21(16(4)20(25)22(18)30)28-24(32-19)27-17-9-8-12-26-14-17/h8-9,12,14-16,18,20,22,30H,6-7,10-11,13H2,1-5H3,(H,27,28)/t15-,16-,18-,20+,22-,25-/m0/s1. The predicted molar refractivity (Wildman–Crippen MR) is 129 cm³/mol. The molecule has 2 aliphatic carbocycles. The summed E-state index contributed by atoms with van der Waals surface area (Å²) in [5.74, 6) is 0.258. The van der Waals surface area contributed by atoms with Crippen molar-refractivity contribution in [1.82, 2.24) is 14.9 Å². The number of anilines is 2. The number of hydrogen-bond donors (Lipinski definition) is 2. The number of aliphatic hydroxyl groups is 1. The molecule has 6 atom stereocenters. The first-order valence-corrected chi connectivity index (χ1v) is 12.7. The molecule has 0 saturated heterocycles. The number of aliphatic hydroxyl groups excluding tert-OH is 1. The fourth-order valence-electron chi connectivity index (χ4n) is 6.17. The molecule has 6 nitrogen and oxygen atoms in total. The first-order chi connectivity index (χ1) is 15.3. The van der Waals surface area contributed by atoms with Crippen LogP contribution in [-0.4, -0.2) is 45.1 Å². The summed E-state index contributed by atoms with van der Waals surface area (Å²) in [7, 11) is 0. The number of nitrogens with zero attached hydrogens (tertiary/aromatic N) is 3. The van der Waals surface area contributed by atoms with Gasteiger partial charge in [-0.3, -0.25) is 9.78 Å². The number of pyridine rings is 1. The molecule has 174 valence electrons. The summed E-state index contributed by atoms with van der Waals surface area (Å²) in [6.07, 6.45) is 5.92. The lowest BCUT2D eigenvalue weighted by atomic mass is 9.53. The average molecular weight is 457 g/mol. The van der Waals surface area contributed by atoms with Crippen LogP contribution in [0.4, 0.5) is 10.8 Å². The molecule has 1 amide bonds. The van der Waals surface area contributed by atoms with Gasteiger partial charge in [0.2, 0.25) is 5.91 Å². The van der Waals surface area contributed by atoms with E-state index >= 15 is 0 Å². The number of carbonyl (C=O) groups is 1. The second kappa shape index (κ2) is 9.10. The lowest BCUT2D eigenvalue weighted by Crippen LogP contribution is -2.53. The van der Waals surface area contributed by atoms with Crippen LogP contribution in [0.2, 0.25) is 0 Å². The van der Waals surface area contributed by atoms with Crippen molar-refractivity contribution in [3.8, 4) is 0 Å². The molecule has 4 rings (SSSR count). The third kappa shape index (κ3) is 4.05. The molecule has 0 aromatic carbocycles. The Labute approximate surface area is 195 Å². The smallest absolute Gasteiger partial charge is 0.225 e. The van der Waals surface area contributed by atoms with Crippen LogP contribution < -0.4 is 5.32 Å². The van der Waals surface area contributed by atoms with Gasteiger partial charge in [0.05, 0.1) is 23.7 Å². The van der Waals surface area contributed by atoms with E-state index in [4.69, 9.17) is 4.98 Å². The second-order valence-corrected chi connectivity index (χ2v) is 10.9. The average Bonchev–Trinajstić information content (AvgIpc) is 3.16. The van der Waals surface area contributed by atoms with E-state index < -0.39 is 6.10 Å². The maximum Gasteiger partial charge on any atom is 0.225 e. The van der Waals surface area contributed by atoms with Crippen LogP contribution >= 0.6 is 11.3 Å². The molecule has 0 radical (unpaired) electrons. The van der Waals surface area contributed by atoms with Gasteiger partial charge in [0, 0.05) is 36.0 Å². The number of rotatable bonds is 6. The third-order valence-corrected chi connectivity index (χ3v) is 8.93. The highest BCUT2D eigenvalue weighted by molar-refractivity contribution is 7.15. The first-order valence-electron chi connectivity index (χ1n) is 11.9. The number of carbonyl (C=O) groups excluding carboxylic acids is 1. The maximum absolute atomic E-state index is 13.0. The Balaban J connectivity index is 1.57. The molecule has 2 N–H and O–H groups in total. The molecule has 1 saturated carbocycles. The summed E-state index contributed by atoms with van der Waals surface area (Å²) >= 11 is 1.72. The lowest BCUT2D eigenvalue weighted by molar-refractivity contribution is -0.144. The number of nitrogens with one attached hydrogen (secondary N) is 1. The van der Waals surface area contributed by atoms with Gasteiger partial charge in [-0.05, 0) is 62.5 Å². The van der Waals surface area contributed by atoms with Crippen molar-refractivity contribution in [3.63, 3.8) is 0 Å². The van der Waals surface area contributed by atoms with Crippen molar-refractivity contribution in [1.29, 1.82) is 0 Å². The van der Waals surface area contributed by atoms with E-state index in [0.717, 1.165) is 48.9 Å². The van der Waals surface area contributed by atoms with Gasteiger partial charge >= 0.3 is 0 Å². The Hall–Kier alpha value is -1.99. The molecule has 32 heavy (non-hydrogen) atoms. The Morgan fingerprint density at radius 1 is 1.41 bits per heavy atom. The molecular weight excluding hydrogens is 420 g/mol. The summed E-state index contributed by atoms with van der Waals surface area (Å²) in [5.41, 5.74) is 2.06. The predicted octanol–water partition coefficient (Wildman–Crippen LogP) is 4.84. The van der Waals surface area contributed by atoms with Gasteiger partial charge in [-0.2, -0.15) is 0 Å². The number of fused-ring (bicyclic) bond motifs is 2. The molecule has 0 aliphatic heterocycles. The van der Waals surface area contributed by atoms with Crippen LogP contribution in [0.3, 0.4) is 0 Å². The zero-order chi connectivity index (χ0) is 23.0. The minimum atomic E-state index is -0.497. The molecular formula is C25H36N4O2S. The van der Waals surface area contributed by atoms with E-state index in [9.17, 15) is 9.90 Å². The van der Waals surface area contributed by atoms with Gasteiger partial charge in [0.15, 0.2) is 5.13 Å². The minimum absolute atomic E-state index is 0.00296. The van der Waals surface area contributed by atoms with Gasteiger partial charge in [0.1, 0.15) is 0 Å². The highest BCUT2D eigenvalue weighted by atomic mass is 32.1. The minimum Gasteiger partial charge on any atom is -0.392 e. The van der Waals surface area contributed by atoms with Gasteiger partial charge in [-0.1, -0.05) is 20.8 Å². The Morgan fingerprint density at radius 2 is 2.16 bits per heavy atom. The number of hydrogen-bond acceptors (Lipinski definition) is 6. The molecule has 2 aromatic heterocycles. The molecule has 2 heterocycles. The number of amides is 1. The van der Waals surface area contributed by atoms with Crippen molar-refractivity contribution in [2.75, 3.05) is 18.4 Å². The third-order valence-electron chi connectivity index (χ3n) is 7.94. The van der Waals surface area contributed by atoms with Crippen molar-refractivity contribution >= 4 is 28.1 Å². The largest absolute Gasteiger partial charge is 0.392 e. The molecule has 1 fully saturated rings. The van der Waals surface area contributed by atoms with Crippen molar-refractivity contribution in [3.05, 3.63) is 35.1 Å². The van der Waals surface area contributed by atoms with Crippen LogP contribution in [-0.2, 0) is 11.2 Å². The van der Waals surface area contributed by atoms with E-state index in [0.29, 0.717) is 0 Å². The summed E-state index contributed by atoms with van der Waals surface area (Å²) in [5, 5.41) is 15.9. The van der Waals surface area contributed by atoms with E-state index in [2.05, 4.69) is 24.1 Å². The second-order valence-electron chi connectivity index (χ2n) is 9.83. The Kier molecular flexibility index (Phi) is 6.59. The van der Waals surface area contributed by atoms with E-state index in [1.54, 1.807) is 23.7 Å². The summed E-state index contributed by atoms with van der Waals surface area (Å²) in [6, 6.07) is 3.89. The van der Waals surface area contributed by atoms with Crippen LogP contribution in [0.25, 0.3) is 0 Å². The van der Waals surface area contributed by atoms with Crippen LogP contribution in [0.15, 0.2) is 24.5 Å². The van der Waals surface area contributed by atoms with E-state index in [-0.39, 0.29) is 35.0 Å². The molecule has 0 bridgehead atoms. The fourth-order valence-corrected chi connectivity index (χ4v) is 7.45. The molecule has 0 spiro atoms. The zero-order valence-corrected chi connectivity index (χ0v) is 20.7. The van der Waals surface area contributed by atoms with Crippen molar-refractivity contribution in [2.24, 2.45) is 23.2 Å². The highest BCUT2D eigenvalue weighted by Gasteiger charge is 2.54. The number of aromatic nitrogens is 2. The Bertz CT molecular complexity index is 945. The summed E-state index contributed by atoms with van der Waals surface area (Å²) in [6.45, 7) is 12.0. The monoisotopic (exact) mass is 456 g/mol. The Morgan fingerprint density at radius 3 is 2.81 bits per heavy atom. The van der Waals surface area contributed by atoms with Crippen molar-refractivity contribution in [2.45, 2.75) is 65.9 Å². The summed E-state index contributed by atoms with van der Waals surface area (Å²) in [4.78, 5) is 25.4. The fraction of sp³-hybridized carbons (Fsp3) is 0.640. The normalized spacial score (nSPS) is 30.2. The zero-order valence-electron chi connectivity index (χ0n) is 19.8. The molecule has 0 unspecified atom stereocenters. The SMILES string of the molecule is CCN(CC)C(=O)[C@@H](C)[C@@H]1CC[C@@]2(C)Cc3sc(Nc4cccnc4)nc3[C@@H](C)[C@@H]2[C@H]1O. The van der Waals surface area contributed by atoms with Gasteiger partial charge in [0.25, 0.3) is 0 Å². The molecule has 2 aromatic rings. The van der Waals surface area contributed by atoms with Gasteiger partial charge in [-0.15, -0.1) is 11.3 Å². The van der Waals surface area contributed by atoms with Crippen LogP contribution in [0.5, 0.6) is 0 Å². The maximum atomic E-state index is 13.0. The van der Waals surface area contributed by atoms with E-state index in [1.807, 2.05) is 37.8 Å². The number of thiazole rings is 1. The topological polar surface area (TPSA) is 78.4 Å². The highest BCUT2D eigenvalue weighted by Crippen LogP contribution is 2.57. The van der Waals surface area contributed by atoms with Crippen LogP contribution in [0, 0.1) is 23.2 Å². The summed E-state index contributed by atoms with van der Waals surface area (Å²) < 4.78 is 0. The first kappa shape index (κ1) is 23.2. The lowest BCUT2D eigenvalue weighted by Gasteiger charge is -2.53. The molecule has 2 aliphatic rings. The van der Waals surface area contributed by atoms with E-state index in [1.165, 1.54) is 4.88 Å². The van der Waals surface area contributed by atoms with Crippen LogP contribution in [0.1, 0.15) is 63.9 Å². The van der Waals surface area contributed by atoms with Crippen molar-refractivity contribution < 1.29 is 9.90 Å².